The molecule has 0 radical (unpaired) electrons. The highest BCUT2D eigenvalue weighted by Crippen LogP contribution is 2.38. The molecule has 0 saturated carbocycles. The van der Waals surface area contributed by atoms with Crippen molar-refractivity contribution >= 4 is 29.3 Å². The van der Waals surface area contributed by atoms with Crippen molar-refractivity contribution in [2.75, 3.05) is 25.1 Å². The number of nitrogens with one attached hydrogen (secondary N) is 1. The Hall–Kier alpha value is -2.93. The lowest BCUT2D eigenvalue weighted by molar-refractivity contribution is -0.115. The predicted molar refractivity (Wildman–Crippen MR) is 124 cm³/mol. The van der Waals surface area contributed by atoms with Crippen LogP contribution in [0.3, 0.4) is 0 Å². The topological polar surface area (TPSA) is 77.1 Å². The van der Waals surface area contributed by atoms with Crippen LogP contribution >= 0.6 is 11.6 Å². The number of benzene rings is 2. The van der Waals surface area contributed by atoms with E-state index in [1.807, 2.05) is 52.0 Å². The van der Waals surface area contributed by atoms with Gasteiger partial charge in [-0.3, -0.25) is 4.79 Å². The van der Waals surface area contributed by atoms with Gasteiger partial charge < -0.3 is 24.4 Å². The van der Waals surface area contributed by atoms with Crippen molar-refractivity contribution in [2.45, 2.75) is 46.3 Å². The number of hydrogen-bond donors (Lipinski definition) is 1. The summed E-state index contributed by atoms with van der Waals surface area (Å²) in [6, 6.07) is 10.9. The van der Waals surface area contributed by atoms with Gasteiger partial charge in [-0.25, -0.2) is 4.79 Å². The first kappa shape index (κ1) is 23.7. The Morgan fingerprint density at radius 1 is 1.16 bits per heavy atom. The zero-order valence-corrected chi connectivity index (χ0v) is 19.6. The van der Waals surface area contributed by atoms with Crippen molar-refractivity contribution < 1.29 is 23.8 Å². The third-order valence-electron chi connectivity index (χ3n) is 4.71. The fourth-order valence-electron chi connectivity index (χ4n) is 3.26. The van der Waals surface area contributed by atoms with E-state index in [4.69, 9.17) is 25.8 Å². The minimum Gasteiger partial charge on any atom is -0.486 e. The second-order valence-electron chi connectivity index (χ2n) is 8.48. The molecule has 0 aliphatic carbocycles. The van der Waals surface area contributed by atoms with Crippen LogP contribution < -0.4 is 14.8 Å². The van der Waals surface area contributed by atoms with Gasteiger partial charge in [0.1, 0.15) is 18.8 Å². The van der Waals surface area contributed by atoms with E-state index in [1.54, 1.807) is 17.0 Å². The summed E-state index contributed by atoms with van der Waals surface area (Å²) in [6.45, 7) is 9.06. The van der Waals surface area contributed by atoms with Gasteiger partial charge in [-0.05, 0) is 57.0 Å². The molecule has 1 heterocycles. The van der Waals surface area contributed by atoms with Crippen LogP contribution in [0, 0.1) is 0 Å². The third-order valence-corrected chi connectivity index (χ3v) is 4.99. The first-order chi connectivity index (χ1) is 15.2. The Morgan fingerprint density at radius 3 is 2.59 bits per heavy atom. The van der Waals surface area contributed by atoms with E-state index in [0.29, 0.717) is 48.5 Å². The number of fused-ring (bicyclic) bond motifs is 1. The zero-order valence-electron chi connectivity index (χ0n) is 18.9. The van der Waals surface area contributed by atoms with Gasteiger partial charge in [-0.1, -0.05) is 29.8 Å². The molecule has 1 aliphatic heterocycles. The molecule has 8 heteroatoms. The van der Waals surface area contributed by atoms with Crippen molar-refractivity contribution in [1.82, 2.24) is 4.90 Å². The van der Waals surface area contributed by atoms with Gasteiger partial charge in [0.05, 0.1) is 18.0 Å². The highest BCUT2D eigenvalue weighted by molar-refractivity contribution is 6.32. The van der Waals surface area contributed by atoms with Gasteiger partial charge in [-0.2, -0.15) is 0 Å². The van der Waals surface area contributed by atoms with Crippen LogP contribution in [0.4, 0.5) is 10.5 Å². The average Bonchev–Trinajstić information content (AvgIpc) is 2.71. The number of anilines is 1. The third kappa shape index (κ3) is 6.29. The number of carbonyl (C=O) groups is 2. The maximum Gasteiger partial charge on any atom is 0.410 e. The molecule has 0 spiro atoms. The van der Waals surface area contributed by atoms with Gasteiger partial charge in [0.2, 0.25) is 5.91 Å². The molecule has 0 aromatic heterocycles. The number of rotatable bonds is 6. The first-order valence-electron chi connectivity index (χ1n) is 10.6. The van der Waals surface area contributed by atoms with E-state index in [9.17, 15) is 9.59 Å². The van der Waals surface area contributed by atoms with E-state index >= 15 is 0 Å². The van der Waals surface area contributed by atoms with Crippen molar-refractivity contribution in [3.63, 3.8) is 0 Å². The predicted octanol–water partition coefficient (Wildman–Crippen LogP) is 5.05. The molecule has 1 aliphatic rings. The van der Waals surface area contributed by atoms with E-state index in [0.717, 1.165) is 11.1 Å². The summed E-state index contributed by atoms with van der Waals surface area (Å²) in [4.78, 5) is 26.9. The number of halogens is 1. The van der Waals surface area contributed by atoms with E-state index in [-0.39, 0.29) is 12.3 Å². The fourth-order valence-corrected chi connectivity index (χ4v) is 3.55. The second kappa shape index (κ2) is 10.1. The molecular weight excluding hydrogens is 432 g/mol. The van der Waals surface area contributed by atoms with E-state index in [1.165, 1.54) is 0 Å². The molecule has 2 amide bonds. The molecular formula is C24H29ClN2O5. The van der Waals surface area contributed by atoms with Crippen molar-refractivity contribution in [1.29, 1.82) is 0 Å². The van der Waals surface area contributed by atoms with Crippen LogP contribution in [0.25, 0.3) is 0 Å². The summed E-state index contributed by atoms with van der Waals surface area (Å²) < 4.78 is 16.6. The van der Waals surface area contributed by atoms with Gasteiger partial charge >= 0.3 is 6.09 Å². The molecule has 2 aromatic rings. The number of ether oxygens (including phenoxy) is 3. The molecule has 0 fully saturated rings. The van der Waals surface area contributed by atoms with Gasteiger partial charge in [-0.15, -0.1) is 0 Å². The van der Waals surface area contributed by atoms with Gasteiger partial charge in [0.15, 0.2) is 11.5 Å². The Morgan fingerprint density at radius 2 is 1.88 bits per heavy atom. The smallest absolute Gasteiger partial charge is 0.410 e. The minimum atomic E-state index is -0.580. The standard InChI is InChI=1S/C24H29ClN2O5/c1-5-27(23(29)32-24(2,3)4)15-17-8-6-7-9-19(17)26-21(28)14-16-12-18(25)22-20(13-16)30-10-11-31-22/h6-9,12-13H,5,10-11,14-15H2,1-4H3,(H,26,28). The lowest BCUT2D eigenvalue weighted by Gasteiger charge is -2.27. The van der Waals surface area contributed by atoms with Crippen LogP contribution in [0.5, 0.6) is 11.5 Å². The van der Waals surface area contributed by atoms with Crippen molar-refractivity contribution in [2.24, 2.45) is 0 Å². The van der Waals surface area contributed by atoms with Crippen LogP contribution in [-0.2, 0) is 22.5 Å². The second-order valence-corrected chi connectivity index (χ2v) is 8.89. The number of carbonyl (C=O) groups excluding carboxylic acids is 2. The van der Waals surface area contributed by atoms with Crippen LogP contribution in [0.15, 0.2) is 36.4 Å². The molecule has 1 N–H and O–H groups in total. The molecule has 3 rings (SSSR count). The molecule has 0 bridgehead atoms. The number of para-hydroxylation sites is 1. The van der Waals surface area contributed by atoms with E-state index in [2.05, 4.69) is 5.32 Å². The molecule has 0 saturated heterocycles. The average molecular weight is 461 g/mol. The SMILES string of the molecule is CCN(Cc1ccccc1NC(=O)Cc1cc(Cl)c2c(c1)OCCO2)C(=O)OC(C)(C)C. The molecule has 32 heavy (non-hydrogen) atoms. The maximum atomic E-state index is 12.8. The monoisotopic (exact) mass is 460 g/mol. The Balaban J connectivity index is 1.70. The van der Waals surface area contributed by atoms with Gasteiger partial charge in [0.25, 0.3) is 0 Å². The molecule has 0 unspecified atom stereocenters. The maximum absolute atomic E-state index is 12.8. The molecule has 7 nitrogen and oxygen atoms in total. The number of nitrogens with zero attached hydrogens (tertiary/aromatic N) is 1. The zero-order chi connectivity index (χ0) is 23.3. The van der Waals surface area contributed by atoms with Crippen LogP contribution in [-0.4, -0.2) is 42.3 Å². The normalized spacial score (nSPS) is 12.8. The Bertz CT molecular complexity index is 987. The van der Waals surface area contributed by atoms with Crippen LogP contribution in [0.1, 0.15) is 38.8 Å². The van der Waals surface area contributed by atoms with Crippen molar-refractivity contribution in [3.8, 4) is 11.5 Å². The summed E-state index contributed by atoms with van der Waals surface area (Å²) in [5.74, 6) is 0.850. The molecule has 0 atom stereocenters. The number of amides is 2. The molecule has 2 aromatic carbocycles. The number of hydrogen-bond acceptors (Lipinski definition) is 5. The highest BCUT2D eigenvalue weighted by Gasteiger charge is 2.22. The van der Waals surface area contributed by atoms with Gasteiger partial charge in [0, 0.05) is 12.2 Å². The largest absolute Gasteiger partial charge is 0.486 e. The fraction of sp³-hybridized carbons (Fsp3) is 0.417. The Kier molecular flexibility index (Phi) is 7.51. The summed E-state index contributed by atoms with van der Waals surface area (Å²) in [7, 11) is 0. The summed E-state index contributed by atoms with van der Waals surface area (Å²) in [5, 5.41) is 3.36. The summed E-state index contributed by atoms with van der Waals surface area (Å²) in [5.41, 5.74) is 1.60. The van der Waals surface area contributed by atoms with Crippen LogP contribution in [0.2, 0.25) is 5.02 Å². The summed E-state index contributed by atoms with van der Waals surface area (Å²) >= 11 is 6.28. The summed E-state index contributed by atoms with van der Waals surface area (Å²) in [6.07, 6.45) is -0.277. The molecule has 172 valence electrons. The Labute approximate surface area is 193 Å². The minimum absolute atomic E-state index is 0.119. The lowest BCUT2D eigenvalue weighted by atomic mass is 10.1. The van der Waals surface area contributed by atoms with E-state index < -0.39 is 11.7 Å². The van der Waals surface area contributed by atoms with Crippen molar-refractivity contribution in [3.05, 3.63) is 52.5 Å². The quantitative estimate of drug-likeness (QED) is 0.652. The highest BCUT2D eigenvalue weighted by atomic mass is 35.5. The first-order valence-corrected chi connectivity index (χ1v) is 11.0. The lowest BCUT2D eigenvalue weighted by Crippen LogP contribution is -2.36.